The first-order valence-corrected chi connectivity index (χ1v) is 9.82. The van der Waals surface area contributed by atoms with Crippen LogP contribution in [-0.4, -0.2) is 46.3 Å². The fraction of sp³-hybridized carbons (Fsp3) is 0.316. The molecule has 1 amide bonds. The first-order valence-electron chi connectivity index (χ1n) is 8.38. The highest BCUT2D eigenvalue weighted by Gasteiger charge is 2.17. The lowest BCUT2D eigenvalue weighted by Crippen LogP contribution is -3.08. The molecule has 7 heteroatoms. The second kappa shape index (κ2) is 8.44. The first kappa shape index (κ1) is 20.1. The van der Waals surface area contributed by atoms with Gasteiger partial charge in [-0.15, -0.1) is 0 Å². The van der Waals surface area contributed by atoms with Crippen molar-refractivity contribution in [2.45, 2.75) is 18.4 Å². The van der Waals surface area contributed by atoms with Gasteiger partial charge in [0.1, 0.15) is 6.54 Å². The van der Waals surface area contributed by atoms with Crippen LogP contribution in [0, 0.1) is 6.92 Å². The number of nitrogens with zero attached hydrogens (tertiary/aromatic N) is 1. The third kappa shape index (κ3) is 5.14. The summed E-state index contributed by atoms with van der Waals surface area (Å²) in [5.74, 6) is -0.112. The molecule has 0 spiro atoms. The van der Waals surface area contributed by atoms with E-state index in [1.54, 1.807) is 12.1 Å². The Labute approximate surface area is 155 Å². The van der Waals surface area contributed by atoms with Gasteiger partial charge in [-0.2, -0.15) is 0 Å². The lowest BCUT2D eigenvalue weighted by atomic mass is 10.1. The van der Waals surface area contributed by atoms with E-state index in [0.717, 1.165) is 15.7 Å². The Bertz CT molecular complexity index is 862. The largest absolute Gasteiger partial charge is 0.326 e. The number of carbonyl (C=O) groups excluding carboxylic acids is 1. The third-order valence-electron chi connectivity index (χ3n) is 4.13. The molecule has 0 aliphatic carbocycles. The van der Waals surface area contributed by atoms with Gasteiger partial charge in [-0.3, -0.25) is 4.79 Å². The number of amides is 1. The molecule has 1 unspecified atom stereocenters. The molecule has 0 radical (unpaired) electrons. The van der Waals surface area contributed by atoms with E-state index >= 15 is 0 Å². The van der Waals surface area contributed by atoms with E-state index in [9.17, 15) is 13.2 Å². The Morgan fingerprint density at radius 1 is 1.08 bits per heavy atom. The molecule has 0 heterocycles. The number of likely N-dealkylation sites (N-methyl/N-ethyl adjacent to an activating group) is 1. The average molecular weight is 377 g/mol. The van der Waals surface area contributed by atoms with Crippen molar-refractivity contribution < 1.29 is 18.1 Å². The smallest absolute Gasteiger partial charge is 0.279 e. The number of sulfonamides is 1. The normalized spacial score (nSPS) is 12.8. The molecule has 0 aromatic heterocycles. The topological polar surface area (TPSA) is 70.9 Å². The van der Waals surface area contributed by atoms with Gasteiger partial charge in [-0.25, -0.2) is 12.7 Å². The lowest BCUT2D eigenvalue weighted by molar-refractivity contribution is -0.885. The van der Waals surface area contributed by atoms with Gasteiger partial charge >= 0.3 is 0 Å². The molecule has 2 aromatic rings. The number of hydrogen-bond donors (Lipinski definition) is 2. The summed E-state index contributed by atoms with van der Waals surface area (Å²) < 4.78 is 25.3. The van der Waals surface area contributed by atoms with Gasteiger partial charge in [0.25, 0.3) is 5.91 Å². The Kier molecular flexibility index (Phi) is 6.52. The summed E-state index contributed by atoms with van der Waals surface area (Å²) in [4.78, 5) is 13.5. The zero-order chi connectivity index (χ0) is 19.3. The number of rotatable bonds is 7. The Hall–Kier alpha value is -2.22. The van der Waals surface area contributed by atoms with E-state index in [1.807, 2.05) is 19.2 Å². The molecular formula is C19H26N3O3S+. The van der Waals surface area contributed by atoms with Crippen LogP contribution >= 0.6 is 0 Å². The number of carbonyl (C=O) groups is 1. The number of quaternary nitrogens is 1. The summed E-state index contributed by atoms with van der Waals surface area (Å²) in [5, 5.41) is 2.81. The number of anilines is 1. The van der Waals surface area contributed by atoms with E-state index in [0.29, 0.717) is 12.2 Å². The molecule has 0 aliphatic heterocycles. The van der Waals surface area contributed by atoms with Crippen molar-refractivity contribution >= 4 is 21.6 Å². The van der Waals surface area contributed by atoms with E-state index < -0.39 is 10.0 Å². The van der Waals surface area contributed by atoms with Gasteiger partial charge in [0, 0.05) is 25.3 Å². The molecule has 2 N–H and O–H groups in total. The van der Waals surface area contributed by atoms with Crippen molar-refractivity contribution in [1.82, 2.24) is 4.31 Å². The van der Waals surface area contributed by atoms with E-state index in [-0.39, 0.29) is 10.8 Å². The summed E-state index contributed by atoms with van der Waals surface area (Å²) in [6, 6.07) is 14.3. The van der Waals surface area contributed by atoms with Crippen LogP contribution in [-0.2, 0) is 21.4 Å². The van der Waals surface area contributed by atoms with Crippen LogP contribution in [0.15, 0.2) is 53.4 Å². The molecule has 0 bridgehead atoms. The number of hydrogen-bond acceptors (Lipinski definition) is 3. The van der Waals surface area contributed by atoms with E-state index in [1.165, 1.54) is 37.4 Å². The molecule has 0 saturated carbocycles. The summed E-state index contributed by atoms with van der Waals surface area (Å²) in [6.07, 6.45) is 0. The zero-order valence-electron chi connectivity index (χ0n) is 15.6. The van der Waals surface area contributed by atoms with Crippen LogP contribution in [0.25, 0.3) is 0 Å². The maximum Gasteiger partial charge on any atom is 0.279 e. The highest BCUT2D eigenvalue weighted by Crippen LogP contribution is 2.16. The summed E-state index contributed by atoms with van der Waals surface area (Å²) in [6.45, 7) is 3.15. The third-order valence-corrected chi connectivity index (χ3v) is 5.96. The number of aryl methyl sites for hydroxylation is 1. The van der Waals surface area contributed by atoms with Gasteiger partial charge in [-0.1, -0.05) is 24.3 Å². The minimum Gasteiger partial charge on any atom is -0.326 e. The van der Waals surface area contributed by atoms with Crippen LogP contribution in [0.5, 0.6) is 0 Å². The zero-order valence-corrected chi connectivity index (χ0v) is 16.4. The fourth-order valence-corrected chi connectivity index (χ4v) is 3.50. The highest BCUT2D eigenvalue weighted by atomic mass is 32.2. The van der Waals surface area contributed by atoms with Crippen molar-refractivity contribution in [2.24, 2.45) is 0 Å². The van der Waals surface area contributed by atoms with Gasteiger partial charge in [0.05, 0.1) is 11.9 Å². The standard InChI is InChI=1S/C19H25N3O3S/c1-15-7-5-6-8-16(15)13-22(4)14-19(23)20-17-9-11-18(12-10-17)26(24,25)21(2)3/h5-12H,13-14H2,1-4H3,(H,20,23)/p+1. The number of nitrogens with one attached hydrogen (secondary N) is 2. The van der Waals surface area contributed by atoms with Crippen LogP contribution in [0.4, 0.5) is 5.69 Å². The van der Waals surface area contributed by atoms with Gasteiger partial charge < -0.3 is 10.2 Å². The highest BCUT2D eigenvalue weighted by molar-refractivity contribution is 7.89. The SMILES string of the molecule is Cc1ccccc1C[NH+](C)CC(=O)Nc1ccc(S(=O)(=O)N(C)C)cc1. The molecular weight excluding hydrogens is 350 g/mol. The van der Waals surface area contributed by atoms with Crippen molar-refractivity contribution in [1.29, 1.82) is 0 Å². The van der Waals surface area contributed by atoms with Gasteiger partial charge in [0.15, 0.2) is 6.54 Å². The summed E-state index contributed by atoms with van der Waals surface area (Å²) in [7, 11) is 1.48. The predicted octanol–water partition coefficient (Wildman–Crippen LogP) is 0.899. The van der Waals surface area contributed by atoms with Crippen molar-refractivity contribution in [3.8, 4) is 0 Å². The molecule has 0 fully saturated rings. The van der Waals surface area contributed by atoms with Crippen molar-refractivity contribution in [3.63, 3.8) is 0 Å². The second-order valence-corrected chi connectivity index (χ2v) is 8.75. The first-order chi connectivity index (χ1) is 12.2. The maximum absolute atomic E-state index is 12.2. The minimum atomic E-state index is -3.46. The van der Waals surface area contributed by atoms with E-state index in [2.05, 4.69) is 24.4 Å². The molecule has 6 nitrogen and oxygen atoms in total. The average Bonchev–Trinajstić information content (AvgIpc) is 2.57. The van der Waals surface area contributed by atoms with Crippen LogP contribution in [0.1, 0.15) is 11.1 Å². The molecule has 0 aliphatic rings. The van der Waals surface area contributed by atoms with Crippen molar-refractivity contribution in [3.05, 3.63) is 59.7 Å². The summed E-state index contributed by atoms with van der Waals surface area (Å²) >= 11 is 0. The van der Waals surface area contributed by atoms with Gasteiger partial charge in [-0.05, 0) is 36.8 Å². The monoisotopic (exact) mass is 376 g/mol. The maximum atomic E-state index is 12.2. The fourth-order valence-electron chi connectivity index (χ4n) is 2.60. The van der Waals surface area contributed by atoms with E-state index in [4.69, 9.17) is 0 Å². The molecule has 2 rings (SSSR count). The Morgan fingerprint density at radius 2 is 1.69 bits per heavy atom. The van der Waals surface area contributed by atoms with Crippen molar-refractivity contribution in [2.75, 3.05) is 33.0 Å². The Morgan fingerprint density at radius 3 is 2.27 bits per heavy atom. The van der Waals surface area contributed by atoms with Crippen LogP contribution in [0.3, 0.4) is 0 Å². The van der Waals surface area contributed by atoms with Crippen LogP contribution < -0.4 is 10.2 Å². The van der Waals surface area contributed by atoms with Crippen LogP contribution in [0.2, 0.25) is 0 Å². The molecule has 2 aromatic carbocycles. The molecule has 0 saturated heterocycles. The predicted molar refractivity (Wildman–Crippen MR) is 103 cm³/mol. The molecule has 140 valence electrons. The second-order valence-electron chi connectivity index (χ2n) is 6.60. The molecule has 1 atom stereocenters. The quantitative estimate of drug-likeness (QED) is 0.754. The Balaban J connectivity index is 1.94. The van der Waals surface area contributed by atoms with Gasteiger partial charge in [0.2, 0.25) is 10.0 Å². The lowest BCUT2D eigenvalue weighted by Gasteiger charge is -2.15. The molecule has 26 heavy (non-hydrogen) atoms. The number of benzene rings is 2. The summed E-state index contributed by atoms with van der Waals surface area (Å²) in [5.41, 5.74) is 3.01. The minimum absolute atomic E-state index is 0.112.